The van der Waals surface area contributed by atoms with E-state index in [2.05, 4.69) is 54.4 Å². The number of morpholine rings is 1. The maximum atomic E-state index is 13.2. The number of carbonyl (C=O) groups is 1. The van der Waals surface area contributed by atoms with E-state index < -0.39 is 0 Å². The Kier molecular flexibility index (Phi) is 6.58. The van der Waals surface area contributed by atoms with Crippen LogP contribution in [0.5, 0.6) is 0 Å². The van der Waals surface area contributed by atoms with Gasteiger partial charge in [-0.25, -0.2) is 0 Å². The number of piperidine rings is 1. The van der Waals surface area contributed by atoms with Crippen molar-refractivity contribution in [2.75, 3.05) is 49.6 Å². The van der Waals surface area contributed by atoms with Gasteiger partial charge in [0.15, 0.2) is 0 Å². The highest BCUT2D eigenvalue weighted by molar-refractivity contribution is 5.95. The lowest BCUT2D eigenvalue weighted by molar-refractivity contribution is 0.0715. The number of ether oxygens (including phenoxy) is 1. The van der Waals surface area contributed by atoms with Gasteiger partial charge >= 0.3 is 0 Å². The number of rotatable bonds is 5. The van der Waals surface area contributed by atoms with Crippen LogP contribution < -0.4 is 10.2 Å². The fourth-order valence-corrected chi connectivity index (χ4v) is 4.32. The molecule has 1 N–H and O–H groups in total. The molecule has 2 fully saturated rings. The van der Waals surface area contributed by atoms with Crippen molar-refractivity contribution in [2.45, 2.75) is 38.6 Å². The summed E-state index contributed by atoms with van der Waals surface area (Å²) < 4.78 is 5.45. The number of likely N-dealkylation sites (tertiary alicyclic amines) is 1. The number of amides is 1. The Morgan fingerprint density at radius 2 is 1.83 bits per heavy atom. The quantitative estimate of drug-likeness (QED) is 0.800. The summed E-state index contributed by atoms with van der Waals surface area (Å²) in [6.07, 6.45) is 2.11. The lowest BCUT2D eigenvalue weighted by Crippen LogP contribution is -2.45. The van der Waals surface area contributed by atoms with Crippen molar-refractivity contribution in [1.82, 2.24) is 4.90 Å². The molecule has 30 heavy (non-hydrogen) atoms. The zero-order chi connectivity index (χ0) is 20.9. The van der Waals surface area contributed by atoms with Crippen molar-refractivity contribution < 1.29 is 9.53 Å². The maximum Gasteiger partial charge on any atom is 0.253 e. The van der Waals surface area contributed by atoms with Gasteiger partial charge in [0.1, 0.15) is 0 Å². The molecule has 0 aliphatic carbocycles. The third kappa shape index (κ3) is 4.96. The Morgan fingerprint density at radius 1 is 1.07 bits per heavy atom. The fourth-order valence-electron chi connectivity index (χ4n) is 4.32. The van der Waals surface area contributed by atoms with E-state index in [1.807, 2.05) is 23.1 Å². The van der Waals surface area contributed by atoms with Gasteiger partial charge in [-0.3, -0.25) is 4.79 Å². The SMILES string of the molecule is CC(C)c1ccc(N[C@H]2CCCN(C(=O)c3cccc(N4CCOCC4)c3)C2)cc1. The van der Waals surface area contributed by atoms with E-state index in [0.717, 1.165) is 69.2 Å². The third-order valence-electron chi connectivity index (χ3n) is 6.13. The number of benzene rings is 2. The molecule has 5 heteroatoms. The minimum Gasteiger partial charge on any atom is -0.381 e. The highest BCUT2D eigenvalue weighted by Gasteiger charge is 2.25. The van der Waals surface area contributed by atoms with E-state index in [0.29, 0.717) is 5.92 Å². The molecule has 2 aliphatic rings. The number of hydrogen-bond acceptors (Lipinski definition) is 4. The number of anilines is 2. The zero-order valence-corrected chi connectivity index (χ0v) is 18.1. The van der Waals surface area contributed by atoms with Crippen molar-refractivity contribution in [3.63, 3.8) is 0 Å². The molecule has 0 spiro atoms. The molecule has 1 amide bonds. The molecule has 2 aliphatic heterocycles. The highest BCUT2D eigenvalue weighted by atomic mass is 16.5. The van der Waals surface area contributed by atoms with Crippen LogP contribution in [0.15, 0.2) is 48.5 Å². The topological polar surface area (TPSA) is 44.8 Å². The summed E-state index contributed by atoms with van der Waals surface area (Å²) in [6.45, 7) is 9.23. The Balaban J connectivity index is 1.39. The van der Waals surface area contributed by atoms with E-state index in [9.17, 15) is 4.79 Å². The first-order valence-electron chi connectivity index (χ1n) is 11.2. The minimum absolute atomic E-state index is 0.131. The van der Waals surface area contributed by atoms with Crippen LogP contribution in [0.2, 0.25) is 0 Å². The highest BCUT2D eigenvalue weighted by Crippen LogP contribution is 2.23. The summed E-state index contributed by atoms with van der Waals surface area (Å²) in [7, 11) is 0. The molecule has 1 atom stereocenters. The predicted octanol–water partition coefficient (Wildman–Crippen LogP) is 4.36. The molecule has 0 bridgehead atoms. The average Bonchev–Trinajstić information content (AvgIpc) is 2.80. The summed E-state index contributed by atoms with van der Waals surface area (Å²) in [4.78, 5) is 17.5. The molecule has 0 radical (unpaired) electrons. The Labute approximate surface area is 180 Å². The number of nitrogens with zero attached hydrogens (tertiary/aromatic N) is 2. The summed E-state index contributed by atoms with van der Waals surface area (Å²) >= 11 is 0. The molecular formula is C25H33N3O2. The normalized spacial score (nSPS) is 19.8. The van der Waals surface area contributed by atoms with Crippen LogP contribution in [0.1, 0.15) is 48.5 Å². The molecule has 2 saturated heterocycles. The number of hydrogen-bond donors (Lipinski definition) is 1. The standard InChI is InChI=1S/C25H33N3O2/c1-19(2)20-8-10-22(11-9-20)26-23-6-4-12-28(18-23)25(29)21-5-3-7-24(17-21)27-13-15-30-16-14-27/h3,5,7-11,17,19,23,26H,4,6,12-16,18H2,1-2H3/t23-/m0/s1. The van der Waals surface area contributed by atoms with Gasteiger partial charge in [-0.05, 0) is 54.7 Å². The molecule has 0 aromatic heterocycles. The van der Waals surface area contributed by atoms with Gasteiger partial charge in [0.2, 0.25) is 0 Å². The number of nitrogens with one attached hydrogen (secondary N) is 1. The Hall–Kier alpha value is -2.53. The van der Waals surface area contributed by atoms with Gasteiger partial charge in [0.05, 0.1) is 13.2 Å². The third-order valence-corrected chi connectivity index (χ3v) is 6.13. The van der Waals surface area contributed by atoms with Gasteiger partial charge in [-0.15, -0.1) is 0 Å². The summed E-state index contributed by atoms with van der Waals surface area (Å²) in [6, 6.07) is 17.0. The van der Waals surface area contributed by atoms with E-state index in [-0.39, 0.29) is 11.9 Å². The molecule has 0 saturated carbocycles. The van der Waals surface area contributed by atoms with E-state index >= 15 is 0 Å². The van der Waals surface area contributed by atoms with Crippen molar-refractivity contribution in [2.24, 2.45) is 0 Å². The minimum atomic E-state index is 0.131. The van der Waals surface area contributed by atoms with E-state index in [1.165, 1.54) is 5.56 Å². The molecule has 5 nitrogen and oxygen atoms in total. The van der Waals surface area contributed by atoms with Crippen LogP contribution in [0.4, 0.5) is 11.4 Å². The van der Waals surface area contributed by atoms with Gasteiger partial charge in [0, 0.05) is 49.2 Å². The Morgan fingerprint density at radius 3 is 2.57 bits per heavy atom. The monoisotopic (exact) mass is 407 g/mol. The lowest BCUT2D eigenvalue weighted by Gasteiger charge is -2.34. The van der Waals surface area contributed by atoms with Gasteiger partial charge < -0.3 is 19.9 Å². The summed E-state index contributed by atoms with van der Waals surface area (Å²) in [5.74, 6) is 0.668. The van der Waals surface area contributed by atoms with Gasteiger partial charge in [-0.2, -0.15) is 0 Å². The summed E-state index contributed by atoms with van der Waals surface area (Å²) in [5.41, 5.74) is 4.37. The second-order valence-corrected chi connectivity index (χ2v) is 8.66. The van der Waals surface area contributed by atoms with Gasteiger partial charge in [0.25, 0.3) is 5.91 Å². The average molecular weight is 408 g/mol. The van der Waals surface area contributed by atoms with Crippen LogP contribution in [0, 0.1) is 0 Å². The molecular weight excluding hydrogens is 374 g/mol. The molecule has 2 aromatic rings. The molecule has 0 unspecified atom stereocenters. The molecule has 4 rings (SSSR count). The summed E-state index contributed by atoms with van der Waals surface area (Å²) in [5, 5.41) is 3.63. The van der Waals surface area contributed by atoms with Crippen LogP contribution in [-0.4, -0.2) is 56.2 Å². The zero-order valence-electron chi connectivity index (χ0n) is 18.1. The van der Waals surface area contributed by atoms with Crippen molar-refractivity contribution in [3.8, 4) is 0 Å². The van der Waals surface area contributed by atoms with Crippen LogP contribution in [0.25, 0.3) is 0 Å². The first-order valence-corrected chi connectivity index (χ1v) is 11.2. The van der Waals surface area contributed by atoms with Crippen LogP contribution >= 0.6 is 0 Å². The first kappa shape index (κ1) is 20.7. The smallest absolute Gasteiger partial charge is 0.253 e. The Bertz CT molecular complexity index is 844. The van der Waals surface area contributed by atoms with E-state index in [1.54, 1.807) is 0 Å². The fraction of sp³-hybridized carbons (Fsp3) is 0.480. The van der Waals surface area contributed by atoms with Crippen LogP contribution in [0.3, 0.4) is 0 Å². The lowest BCUT2D eigenvalue weighted by atomic mass is 10.0. The molecule has 2 heterocycles. The molecule has 2 aromatic carbocycles. The van der Waals surface area contributed by atoms with Gasteiger partial charge in [-0.1, -0.05) is 32.0 Å². The van der Waals surface area contributed by atoms with E-state index in [4.69, 9.17) is 4.74 Å². The number of carbonyl (C=O) groups excluding carboxylic acids is 1. The largest absolute Gasteiger partial charge is 0.381 e. The van der Waals surface area contributed by atoms with Crippen LogP contribution in [-0.2, 0) is 4.74 Å². The van der Waals surface area contributed by atoms with Crippen molar-refractivity contribution >= 4 is 17.3 Å². The maximum absolute atomic E-state index is 13.2. The first-order chi connectivity index (χ1) is 14.6. The van der Waals surface area contributed by atoms with Crippen molar-refractivity contribution in [3.05, 3.63) is 59.7 Å². The predicted molar refractivity (Wildman–Crippen MR) is 123 cm³/mol. The second-order valence-electron chi connectivity index (χ2n) is 8.66. The second kappa shape index (κ2) is 9.52. The molecule has 160 valence electrons. The van der Waals surface area contributed by atoms with Crippen molar-refractivity contribution in [1.29, 1.82) is 0 Å².